The van der Waals surface area contributed by atoms with Crippen LogP contribution in [0.15, 0.2) is 18.5 Å². The second-order valence-electron chi connectivity index (χ2n) is 5.22. The van der Waals surface area contributed by atoms with Crippen molar-refractivity contribution in [3.05, 3.63) is 29.6 Å². The zero-order valence-corrected chi connectivity index (χ0v) is 10.9. The zero-order valence-electron chi connectivity index (χ0n) is 10.9. The number of carbonyl (C=O) groups excluding carboxylic acids is 2. The van der Waals surface area contributed by atoms with Gasteiger partial charge in [-0.1, -0.05) is 0 Å². The molecule has 1 aromatic rings. The van der Waals surface area contributed by atoms with Crippen LogP contribution in [0.2, 0.25) is 0 Å². The smallest absolute Gasteiger partial charge is 0.326 e. The molecule has 1 aromatic heterocycles. The quantitative estimate of drug-likeness (QED) is 0.868. The summed E-state index contributed by atoms with van der Waals surface area (Å²) in [5.74, 6) is -0.345. The fraction of sp³-hybridized carbons (Fsp3) is 0.462. The van der Waals surface area contributed by atoms with Crippen molar-refractivity contribution < 1.29 is 22.8 Å². The van der Waals surface area contributed by atoms with Crippen molar-refractivity contribution in [3.8, 4) is 0 Å². The van der Waals surface area contributed by atoms with Crippen LogP contribution in [0.1, 0.15) is 24.0 Å². The number of urea groups is 1. The number of aromatic nitrogens is 1. The molecule has 21 heavy (non-hydrogen) atoms. The number of hydrogen-bond donors (Lipinski definition) is 1. The highest BCUT2D eigenvalue weighted by Crippen LogP contribution is 2.36. The molecular weight excluding hydrogens is 287 g/mol. The molecule has 2 fully saturated rings. The summed E-state index contributed by atoms with van der Waals surface area (Å²) in [6, 6.07) is -0.399. The van der Waals surface area contributed by atoms with Gasteiger partial charge in [-0.05, 0) is 24.8 Å². The van der Waals surface area contributed by atoms with Gasteiger partial charge in [0, 0.05) is 18.0 Å². The van der Waals surface area contributed by atoms with Gasteiger partial charge in [0.1, 0.15) is 6.04 Å². The van der Waals surface area contributed by atoms with Gasteiger partial charge in [-0.25, -0.2) is 4.79 Å². The highest BCUT2D eigenvalue weighted by molar-refractivity contribution is 6.04. The molecule has 3 rings (SSSR count). The predicted octanol–water partition coefficient (Wildman–Crippen LogP) is 1.93. The van der Waals surface area contributed by atoms with Crippen molar-refractivity contribution >= 4 is 11.9 Å². The number of nitrogens with one attached hydrogen (secondary N) is 1. The van der Waals surface area contributed by atoms with Gasteiger partial charge in [0.05, 0.1) is 12.1 Å². The number of rotatable bonds is 3. The van der Waals surface area contributed by atoms with E-state index in [4.69, 9.17) is 0 Å². The molecule has 1 unspecified atom stereocenters. The molecule has 0 radical (unpaired) electrons. The van der Waals surface area contributed by atoms with Crippen LogP contribution >= 0.6 is 0 Å². The second kappa shape index (κ2) is 4.71. The van der Waals surface area contributed by atoms with Crippen LogP contribution in [0, 0.1) is 5.92 Å². The number of alkyl halides is 3. The van der Waals surface area contributed by atoms with E-state index in [9.17, 15) is 22.8 Å². The molecule has 1 aliphatic heterocycles. The Hall–Kier alpha value is -2.12. The van der Waals surface area contributed by atoms with Crippen LogP contribution in [0.5, 0.6) is 0 Å². The number of hydrogen-bond acceptors (Lipinski definition) is 3. The van der Waals surface area contributed by atoms with Crippen LogP contribution in [-0.4, -0.2) is 27.9 Å². The first-order valence-electron chi connectivity index (χ1n) is 6.50. The predicted molar refractivity (Wildman–Crippen MR) is 64.8 cm³/mol. The molecule has 1 atom stereocenters. The maximum atomic E-state index is 12.9. The molecule has 112 valence electrons. The van der Waals surface area contributed by atoms with Gasteiger partial charge < -0.3 is 5.32 Å². The third-order valence-electron chi connectivity index (χ3n) is 3.69. The van der Waals surface area contributed by atoms with Gasteiger partial charge in [0.15, 0.2) is 0 Å². The zero-order chi connectivity index (χ0) is 15.2. The number of amides is 3. The van der Waals surface area contributed by atoms with Crippen molar-refractivity contribution in [1.82, 2.24) is 15.2 Å². The van der Waals surface area contributed by atoms with Gasteiger partial charge >= 0.3 is 12.2 Å². The summed E-state index contributed by atoms with van der Waals surface area (Å²) < 4.78 is 38.7. The molecule has 1 saturated heterocycles. The molecule has 2 heterocycles. The van der Waals surface area contributed by atoms with E-state index in [0.717, 1.165) is 36.2 Å². The largest absolute Gasteiger partial charge is 0.416 e. The van der Waals surface area contributed by atoms with Gasteiger partial charge in [-0.2, -0.15) is 13.2 Å². The number of nitrogens with zero attached hydrogens (tertiary/aromatic N) is 2. The molecule has 0 aromatic carbocycles. The maximum Gasteiger partial charge on any atom is 0.416 e. The minimum atomic E-state index is -4.55. The van der Waals surface area contributed by atoms with Gasteiger partial charge in [-0.3, -0.25) is 14.7 Å². The van der Waals surface area contributed by atoms with Crippen molar-refractivity contribution in [2.45, 2.75) is 31.6 Å². The topological polar surface area (TPSA) is 62.3 Å². The lowest BCUT2D eigenvalue weighted by Gasteiger charge is -2.17. The molecular formula is C13H12F3N3O2. The normalized spacial score (nSPS) is 22.6. The van der Waals surface area contributed by atoms with Crippen LogP contribution in [0.4, 0.5) is 18.0 Å². The maximum absolute atomic E-state index is 12.9. The number of pyridine rings is 1. The summed E-state index contributed by atoms with van der Waals surface area (Å²) in [7, 11) is 0. The molecule has 2 aliphatic rings. The SMILES string of the molecule is O=C1NC(C2CC2)C(=O)N1Cc1cnccc1C(F)(F)F. The average Bonchev–Trinajstić information content (AvgIpc) is 3.21. The van der Waals surface area contributed by atoms with E-state index in [1.807, 2.05) is 0 Å². The highest BCUT2D eigenvalue weighted by Gasteiger charge is 2.46. The van der Waals surface area contributed by atoms with E-state index in [1.165, 1.54) is 0 Å². The first kappa shape index (κ1) is 13.8. The van der Waals surface area contributed by atoms with Gasteiger partial charge in [0.25, 0.3) is 5.91 Å². The molecule has 5 nitrogen and oxygen atoms in total. The van der Waals surface area contributed by atoms with Gasteiger partial charge in [-0.15, -0.1) is 0 Å². The second-order valence-corrected chi connectivity index (χ2v) is 5.22. The van der Waals surface area contributed by atoms with E-state index in [2.05, 4.69) is 10.3 Å². The minimum Gasteiger partial charge on any atom is -0.326 e. The van der Waals surface area contributed by atoms with E-state index < -0.39 is 36.3 Å². The van der Waals surface area contributed by atoms with Crippen LogP contribution in [0.3, 0.4) is 0 Å². The highest BCUT2D eigenvalue weighted by atomic mass is 19.4. The van der Waals surface area contributed by atoms with E-state index >= 15 is 0 Å². The Morgan fingerprint density at radius 3 is 2.67 bits per heavy atom. The average molecular weight is 299 g/mol. The summed E-state index contributed by atoms with van der Waals surface area (Å²) >= 11 is 0. The Balaban J connectivity index is 1.84. The summed E-state index contributed by atoms with van der Waals surface area (Å²) in [4.78, 5) is 28.4. The van der Waals surface area contributed by atoms with Crippen molar-refractivity contribution in [2.24, 2.45) is 5.92 Å². The number of carbonyl (C=O) groups is 2. The van der Waals surface area contributed by atoms with Crippen molar-refractivity contribution in [1.29, 1.82) is 0 Å². The molecule has 1 saturated carbocycles. The number of halogens is 3. The Bertz CT molecular complexity index is 599. The molecule has 1 N–H and O–H groups in total. The van der Waals surface area contributed by atoms with Crippen LogP contribution in [0.25, 0.3) is 0 Å². The van der Waals surface area contributed by atoms with Crippen LogP contribution < -0.4 is 5.32 Å². The Kier molecular flexibility index (Phi) is 3.11. The van der Waals surface area contributed by atoms with Crippen molar-refractivity contribution in [2.75, 3.05) is 0 Å². The first-order valence-corrected chi connectivity index (χ1v) is 6.50. The molecule has 3 amide bonds. The Morgan fingerprint density at radius 2 is 2.05 bits per heavy atom. The fourth-order valence-electron chi connectivity index (χ4n) is 2.44. The molecule has 0 bridgehead atoms. The number of imide groups is 1. The third-order valence-corrected chi connectivity index (χ3v) is 3.69. The Morgan fingerprint density at radius 1 is 1.33 bits per heavy atom. The summed E-state index contributed by atoms with van der Waals surface area (Å²) in [6.45, 7) is -0.420. The Labute approximate surface area is 118 Å². The summed E-state index contributed by atoms with van der Waals surface area (Å²) in [5.41, 5.74) is -1.07. The first-order chi connectivity index (χ1) is 9.88. The standard InChI is InChI=1S/C13H12F3N3O2/c14-13(15,16)9-3-4-17-5-8(9)6-19-11(20)10(7-1-2-7)18-12(19)21/h3-5,7,10H,1-2,6H2,(H,18,21). The molecule has 1 aliphatic carbocycles. The molecule has 0 spiro atoms. The molecule has 8 heteroatoms. The van der Waals surface area contributed by atoms with Crippen LogP contribution in [-0.2, 0) is 17.5 Å². The third kappa shape index (κ3) is 2.57. The summed E-state index contributed by atoms with van der Waals surface area (Å²) in [5, 5.41) is 2.53. The van der Waals surface area contributed by atoms with E-state index in [0.29, 0.717) is 0 Å². The fourth-order valence-corrected chi connectivity index (χ4v) is 2.44. The lowest BCUT2D eigenvalue weighted by molar-refractivity contribution is -0.139. The lowest BCUT2D eigenvalue weighted by Crippen LogP contribution is -2.32. The van der Waals surface area contributed by atoms with Crippen molar-refractivity contribution in [3.63, 3.8) is 0 Å². The lowest BCUT2D eigenvalue weighted by atomic mass is 10.1. The van der Waals surface area contributed by atoms with E-state index in [-0.39, 0.29) is 11.5 Å². The van der Waals surface area contributed by atoms with E-state index in [1.54, 1.807) is 0 Å². The van der Waals surface area contributed by atoms with Gasteiger partial charge in [0.2, 0.25) is 0 Å². The monoisotopic (exact) mass is 299 g/mol. The summed E-state index contributed by atoms with van der Waals surface area (Å²) in [6.07, 6.45) is -0.775. The minimum absolute atomic E-state index is 0.113.